The van der Waals surface area contributed by atoms with Crippen molar-refractivity contribution in [2.45, 2.75) is 39.7 Å². The zero-order chi connectivity index (χ0) is 9.03. The summed E-state index contributed by atoms with van der Waals surface area (Å²) in [5.74, 6) is 0. The first kappa shape index (κ1) is 13.2. The van der Waals surface area contributed by atoms with Crippen LogP contribution in [-0.2, 0) is 4.74 Å². The van der Waals surface area contributed by atoms with Crippen molar-refractivity contribution < 1.29 is 4.74 Å². The van der Waals surface area contributed by atoms with Crippen molar-refractivity contribution in [1.82, 2.24) is 5.32 Å². The van der Waals surface area contributed by atoms with Crippen LogP contribution < -0.4 is 5.32 Å². The lowest BCUT2D eigenvalue weighted by atomic mass is 9.89. The van der Waals surface area contributed by atoms with E-state index in [-0.39, 0.29) is 12.4 Å². The Morgan fingerprint density at radius 1 is 1.38 bits per heavy atom. The predicted octanol–water partition coefficient (Wildman–Crippen LogP) is 2.22. The molecule has 1 aliphatic rings. The van der Waals surface area contributed by atoms with Gasteiger partial charge in [-0.1, -0.05) is 20.8 Å². The molecule has 1 atom stereocenters. The third kappa shape index (κ3) is 6.30. The fourth-order valence-electron chi connectivity index (χ4n) is 1.40. The van der Waals surface area contributed by atoms with Gasteiger partial charge in [-0.05, 0) is 18.3 Å². The van der Waals surface area contributed by atoms with E-state index in [1.165, 1.54) is 12.8 Å². The predicted molar refractivity (Wildman–Crippen MR) is 58.5 cm³/mol. The zero-order valence-electron chi connectivity index (χ0n) is 8.93. The molecule has 1 N–H and O–H groups in total. The summed E-state index contributed by atoms with van der Waals surface area (Å²) in [6.45, 7) is 9.78. The first-order valence-electron chi connectivity index (χ1n) is 4.90. The maximum absolute atomic E-state index is 5.61. The highest BCUT2D eigenvalue weighted by molar-refractivity contribution is 5.85. The van der Waals surface area contributed by atoms with Gasteiger partial charge >= 0.3 is 0 Å². The van der Waals surface area contributed by atoms with Crippen molar-refractivity contribution in [3.8, 4) is 0 Å². The Morgan fingerprint density at radius 3 is 2.54 bits per heavy atom. The third-order valence-electron chi connectivity index (χ3n) is 2.22. The van der Waals surface area contributed by atoms with Gasteiger partial charge in [0.25, 0.3) is 0 Å². The number of rotatable bonds is 2. The lowest BCUT2D eigenvalue weighted by Gasteiger charge is -2.26. The summed E-state index contributed by atoms with van der Waals surface area (Å²) in [6, 6.07) is 0. The molecule has 0 spiro atoms. The van der Waals surface area contributed by atoms with Crippen LogP contribution in [0.5, 0.6) is 0 Å². The van der Waals surface area contributed by atoms with Crippen LogP contribution in [0, 0.1) is 5.41 Å². The van der Waals surface area contributed by atoms with E-state index in [2.05, 4.69) is 26.1 Å². The highest BCUT2D eigenvalue weighted by Crippen LogP contribution is 2.22. The molecular weight excluding hydrogens is 186 g/mol. The van der Waals surface area contributed by atoms with E-state index in [1.807, 2.05) is 0 Å². The normalized spacial score (nSPS) is 23.8. The first-order valence-corrected chi connectivity index (χ1v) is 4.90. The van der Waals surface area contributed by atoms with Crippen LogP contribution >= 0.6 is 12.4 Å². The van der Waals surface area contributed by atoms with Crippen LogP contribution in [0.15, 0.2) is 0 Å². The smallest absolute Gasteiger partial charge is 0.0700 e. The van der Waals surface area contributed by atoms with Crippen LogP contribution in [0.3, 0.4) is 0 Å². The van der Waals surface area contributed by atoms with E-state index in [1.54, 1.807) is 0 Å². The molecule has 13 heavy (non-hydrogen) atoms. The number of morpholine rings is 1. The van der Waals surface area contributed by atoms with Crippen LogP contribution in [0.1, 0.15) is 33.6 Å². The Balaban J connectivity index is 0.00000144. The topological polar surface area (TPSA) is 21.3 Å². The molecule has 0 saturated carbocycles. The highest BCUT2D eigenvalue weighted by Gasteiger charge is 2.17. The van der Waals surface area contributed by atoms with Crippen molar-refractivity contribution in [3.05, 3.63) is 0 Å². The van der Waals surface area contributed by atoms with Crippen molar-refractivity contribution in [3.63, 3.8) is 0 Å². The molecule has 0 aliphatic carbocycles. The molecule has 80 valence electrons. The molecule has 0 aromatic rings. The Bertz CT molecular complexity index is 127. The number of ether oxygens (including phenoxy) is 1. The zero-order valence-corrected chi connectivity index (χ0v) is 9.75. The van der Waals surface area contributed by atoms with Crippen molar-refractivity contribution in [2.75, 3.05) is 19.7 Å². The Morgan fingerprint density at radius 2 is 2.08 bits per heavy atom. The summed E-state index contributed by atoms with van der Waals surface area (Å²) in [5, 5.41) is 3.35. The van der Waals surface area contributed by atoms with E-state index >= 15 is 0 Å². The van der Waals surface area contributed by atoms with Crippen molar-refractivity contribution in [1.29, 1.82) is 0 Å². The Kier molecular flexibility index (Phi) is 5.93. The second kappa shape index (κ2) is 5.84. The molecule has 0 bridgehead atoms. The minimum Gasteiger partial charge on any atom is -0.376 e. The number of hydrogen-bond acceptors (Lipinski definition) is 2. The van der Waals surface area contributed by atoms with Gasteiger partial charge in [0.05, 0.1) is 12.7 Å². The molecule has 3 heteroatoms. The van der Waals surface area contributed by atoms with Gasteiger partial charge in [0.2, 0.25) is 0 Å². The van der Waals surface area contributed by atoms with Crippen molar-refractivity contribution in [2.24, 2.45) is 5.41 Å². The summed E-state index contributed by atoms with van der Waals surface area (Å²) < 4.78 is 5.61. The van der Waals surface area contributed by atoms with Crippen LogP contribution in [0.2, 0.25) is 0 Å². The van der Waals surface area contributed by atoms with E-state index in [0.29, 0.717) is 11.5 Å². The van der Waals surface area contributed by atoms with Gasteiger partial charge in [0.1, 0.15) is 0 Å². The molecule has 1 aliphatic heterocycles. The van der Waals surface area contributed by atoms with Gasteiger partial charge < -0.3 is 10.1 Å². The molecule has 0 aromatic carbocycles. The van der Waals surface area contributed by atoms with Gasteiger partial charge in [0, 0.05) is 13.1 Å². The molecule has 0 radical (unpaired) electrons. The fraction of sp³-hybridized carbons (Fsp3) is 1.00. The van der Waals surface area contributed by atoms with E-state index in [4.69, 9.17) is 4.74 Å². The summed E-state index contributed by atoms with van der Waals surface area (Å²) in [6.07, 6.45) is 2.90. The van der Waals surface area contributed by atoms with Gasteiger partial charge in [0.15, 0.2) is 0 Å². The van der Waals surface area contributed by atoms with Crippen molar-refractivity contribution >= 4 is 12.4 Å². The molecule has 1 fully saturated rings. The van der Waals surface area contributed by atoms with Gasteiger partial charge in [-0.2, -0.15) is 0 Å². The fourth-order valence-corrected chi connectivity index (χ4v) is 1.40. The van der Waals surface area contributed by atoms with Gasteiger partial charge in [-0.15, -0.1) is 12.4 Å². The van der Waals surface area contributed by atoms with Crippen LogP contribution in [-0.4, -0.2) is 25.8 Å². The first-order chi connectivity index (χ1) is 5.58. The molecule has 1 saturated heterocycles. The monoisotopic (exact) mass is 207 g/mol. The lowest BCUT2D eigenvalue weighted by molar-refractivity contribution is 0.0172. The highest BCUT2D eigenvalue weighted by atomic mass is 35.5. The maximum Gasteiger partial charge on any atom is 0.0700 e. The summed E-state index contributed by atoms with van der Waals surface area (Å²) >= 11 is 0. The summed E-state index contributed by atoms with van der Waals surface area (Å²) in [7, 11) is 0. The molecule has 2 nitrogen and oxygen atoms in total. The van der Waals surface area contributed by atoms with E-state index in [9.17, 15) is 0 Å². The standard InChI is InChI=1S/C10H21NO.ClH/c1-10(2,3)5-4-9-8-11-6-7-12-9;/h9,11H,4-8H2,1-3H3;1H. The SMILES string of the molecule is CC(C)(C)CCC1CNCCO1.Cl. The molecule has 1 rings (SSSR count). The minimum atomic E-state index is 0. The Labute approximate surface area is 87.8 Å². The average Bonchev–Trinajstić information content (AvgIpc) is 2.02. The molecule has 0 amide bonds. The maximum atomic E-state index is 5.61. The summed E-state index contributed by atoms with van der Waals surface area (Å²) in [5.41, 5.74) is 0.445. The molecule has 1 unspecified atom stereocenters. The minimum absolute atomic E-state index is 0. The number of halogens is 1. The number of nitrogens with one attached hydrogen (secondary N) is 1. The molecule has 1 heterocycles. The Hall–Kier alpha value is 0.210. The molecule has 0 aromatic heterocycles. The third-order valence-corrected chi connectivity index (χ3v) is 2.22. The number of hydrogen-bond donors (Lipinski definition) is 1. The largest absolute Gasteiger partial charge is 0.376 e. The summed E-state index contributed by atoms with van der Waals surface area (Å²) in [4.78, 5) is 0. The quantitative estimate of drug-likeness (QED) is 0.750. The second-order valence-corrected chi connectivity index (χ2v) is 4.80. The lowest BCUT2D eigenvalue weighted by Crippen LogP contribution is -2.38. The average molecular weight is 208 g/mol. The van der Waals surface area contributed by atoms with Gasteiger partial charge in [-0.3, -0.25) is 0 Å². The van der Waals surface area contributed by atoms with Crippen LogP contribution in [0.25, 0.3) is 0 Å². The molecular formula is C10H22ClNO. The van der Waals surface area contributed by atoms with Crippen LogP contribution in [0.4, 0.5) is 0 Å². The van der Waals surface area contributed by atoms with E-state index in [0.717, 1.165) is 19.7 Å². The second-order valence-electron chi connectivity index (χ2n) is 4.80. The van der Waals surface area contributed by atoms with Gasteiger partial charge in [-0.25, -0.2) is 0 Å². The van der Waals surface area contributed by atoms with E-state index < -0.39 is 0 Å².